The topological polar surface area (TPSA) is 51.2 Å². The van der Waals surface area contributed by atoms with E-state index in [9.17, 15) is 4.79 Å². The summed E-state index contributed by atoms with van der Waals surface area (Å²) < 4.78 is 5.73. The van der Waals surface area contributed by atoms with Gasteiger partial charge in [0.2, 0.25) is 0 Å². The normalized spacial score (nSPS) is 16.2. The third kappa shape index (κ3) is 3.46. The van der Waals surface area contributed by atoms with E-state index < -0.39 is 0 Å². The molecular formula is C17H20N2O2. The van der Waals surface area contributed by atoms with E-state index in [0.717, 1.165) is 42.5 Å². The molecule has 4 heteroatoms. The Morgan fingerprint density at radius 3 is 2.90 bits per heavy atom. The summed E-state index contributed by atoms with van der Waals surface area (Å²) in [5.74, 6) is 0.0380. The Morgan fingerprint density at radius 2 is 2.10 bits per heavy atom. The zero-order chi connectivity index (χ0) is 14.7. The van der Waals surface area contributed by atoms with Crippen LogP contribution in [0.15, 0.2) is 30.3 Å². The van der Waals surface area contributed by atoms with Gasteiger partial charge in [-0.2, -0.15) is 0 Å². The van der Waals surface area contributed by atoms with Crippen LogP contribution in [0.2, 0.25) is 0 Å². The molecule has 2 heterocycles. The molecule has 2 aromatic rings. The van der Waals surface area contributed by atoms with E-state index >= 15 is 0 Å². The number of carbonyl (C=O) groups excluding carboxylic acids is 1. The maximum Gasteiger partial charge on any atom is 0.188 e. The van der Waals surface area contributed by atoms with Gasteiger partial charge < -0.3 is 10.1 Å². The molecule has 1 N–H and O–H groups in total. The monoisotopic (exact) mass is 284 g/mol. The second-order valence-electron chi connectivity index (χ2n) is 5.54. The highest BCUT2D eigenvalue weighted by Gasteiger charge is 2.15. The molecule has 0 amide bonds. The SMILES string of the molecule is Cc1ccc2cc(C(=O)COC3CCNCC3)ccc2n1. The second kappa shape index (κ2) is 6.33. The van der Waals surface area contributed by atoms with Crippen molar-refractivity contribution in [3.63, 3.8) is 0 Å². The molecule has 0 bridgehead atoms. The molecule has 1 saturated heterocycles. The number of hydrogen-bond donors (Lipinski definition) is 1. The number of rotatable bonds is 4. The summed E-state index contributed by atoms with van der Waals surface area (Å²) in [5.41, 5.74) is 2.60. The van der Waals surface area contributed by atoms with Crippen LogP contribution in [0.5, 0.6) is 0 Å². The van der Waals surface area contributed by atoms with Gasteiger partial charge in [0.1, 0.15) is 6.61 Å². The summed E-state index contributed by atoms with van der Waals surface area (Å²) >= 11 is 0. The van der Waals surface area contributed by atoms with Gasteiger partial charge in [-0.3, -0.25) is 9.78 Å². The van der Waals surface area contributed by atoms with Crippen molar-refractivity contribution in [1.29, 1.82) is 0 Å². The van der Waals surface area contributed by atoms with Crippen LogP contribution in [-0.4, -0.2) is 36.6 Å². The first-order chi connectivity index (χ1) is 10.2. The quantitative estimate of drug-likeness (QED) is 0.876. The minimum Gasteiger partial charge on any atom is -0.370 e. The van der Waals surface area contributed by atoms with E-state index in [0.29, 0.717) is 5.56 Å². The molecule has 1 aliphatic rings. The van der Waals surface area contributed by atoms with Crippen LogP contribution in [0.1, 0.15) is 28.9 Å². The van der Waals surface area contributed by atoms with Gasteiger partial charge in [0.05, 0.1) is 11.6 Å². The first kappa shape index (κ1) is 14.2. The van der Waals surface area contributed by atoms with Gasteiger partial charge in [0.15, 0.2) is 5.78 Å². The molecule has 3 rings (SSSR count). The van der Waals surface area contributed by atoms with E-state index in [4.69, 9.17) is 4.74 Å². The number of benzene rings is 1. The van der Waals surface area contributed by atoms with Crippen molar-refractivity contribution in [2.75, 3.05) is 19.7 Å². The standard InChI is InChI=1S/C17H20N2O2/c1-12-2-3-13-10-14(4-5-16(13)19-12)17(20)11-21-15-6-8-18-9-7-15/h2-5,10,15,18H,6-9,11H2,1H3. The number of piperidine rings is 1. The van der Waals surface area contributed by atoms with Crippen molar-refractivity contribution in [2.45, 2.75) is 25.9 Å². The third-order valence-corrected chi connectivity index (χ3v) is 3.89. The van der Waals surface area contributed by atoms with Crippen molar-refractivity contribution in [1.82, 2.24) is 10.3 Å². The number of carbonyl (C=O) groups is 1. The fourth-order valence-corrected chi connectivity index (χ4v) is 2.64. The van der Waals surface area contributed by atoms with Crippen LogP contribution >= 0.6 is 0 Å². The molecule has 0 unspecified atom stereocenters. The lowest BCUT2D eigenvalue weighted by atomic mass is 10.1. The average molecular weight is 284 g/mol. The molecule has 1 aliphatic heterocycles. The lowest BCUT2D eigenvalue weighted by Crippen LogP contribution is -2.33. The van der Waals surface area contributed by atoms with Crippen molar-refractivity contribution in [3.8, 4) is 0 Å². The fraction of sp³-hybridized carbons (Fsp3) is 0.412. The number of nitrogens with zero attached hydrogens (tertiary/aromatic N) is 1. The Bertz CT molecular complexity index is 648. The molecule has 0 spiro atoms. The predicted molar refractivity (Wildman–Crippen MR) is 82.7 cm³/mol. The first-order valence-electron chi connectivity index (χ1n) is 7.45. The minimum atomic E-state index is 0.0380. The largest absolute Gasteiger partial charge is 0.370 e. The predicted octanol–water partition coefficient (Wildman–Crippen LogP) is 2.49. The van der Waals surface area contributed by atoms with Gasteiger partial charge in [-0.1, -0.05) is 6.07 Å². The summed E-state index contributed by atoms with van der Waals surface area (Å²) in [4.78, 5) is 16.7. The molecule has 21 heavy (non-hydrogen) atoms. The molecular weight excluding hydrogens is 264 g/mol. The zero-order valence-electron chi connectivity index (χ0n) is 12.3. The van der Waals surface area contributed by atoms with Crippen LogP contribution in [0.25, 0.3) is 10.9 Å². The average Bonchev–Trinajstić information content (AvgIpc) is 2.53. The van der Waals surface area contributed by atoms with Crippen molar-refractivity contribution in [2.24, 2.45) is 0 Å². The number of hydrogen-bond acceptors (Lipinski definition) is 4. The Hall–Kier alpha value is -1.78. The Morgan fingerprint density at radius 1 is 1.29 bits per heavy atom. The number of nitrogens with one attached hydrogen (secondary N) is 1. The number of aryl methyl sites for hydroxylation is 1. The van der Waals surface area contributed by atoms with Crippen LogP contribution in [0.4, 0.5) is 0 Å². The molecule has 0 saturated carbocycles. The van der Waals surface area contributed by atoms with Gasteiger partial charge in [0.25, 0.3) is 0 Å². The fourth-order valence-electron chi connectivity index (χ4n) is 2.64. The van der Waals surface area contributed by atoms with Gasteiger partial charge in [-0.25, -0.2) is 0 Å². The van der Waals surface area contributed by atoms with E-state index in [1.165, 1.54) is 0 Å². The van der Waals surface area contributed by atoms with E-state index in [-0.39, 0.29) is 18.5 Å². The summed E-state index contributed by atoms with van der Waals surface area (Å²) in [7, 11) is 0. The molecule has 0 aliphatic carbocycles. The molecule has 1 aromatic carbocycles. The lowest BCUT2D eigenvalue weighted by Gasteiger charge is -2.22. The number of fused-ring (bicyclic) bond motifs is 1. The van der Waals surface area contributed by atoms with Crippen LogP contribution in [-0.2, 0) is 4.74 Å². The van der Waals surface area contributed by atoms with Gasteiger partial charge in [0, 0.05) is 16.6 Å². The maximum atomic E-state index is 12.2. The number of pyridine rings is 1. The third-order valence-electron chi connectivity index (χ3n) is 3.89. The number of ether oxygens (including phenoxy) is 1. The highest BCUT2D eigenvalue weighted by atomic mass is 16.5. The van der Waals surface area contributed by atoms with E-state index in [1.807, 2.05) is 37.3 Å². The smallest absolute Gasteiger partial charge is 0.188 e. The molecule has 0 atom stereocenters. The Kier molecular flexibility index (Phi) is 4.27. The molecule has 4 nitrogen and oxygen atoms in total. The number of Topliss-reactive ketones (excluding diaryl/α,β-unsaturated/α-hetero) is 1. The first-order valence-corrected chi connectivity index (χ1v) is 7.45. The van der Waals surface area contributed by atoms with Gasteiger partial charge in [-0.05, 0) is 57.1 Å². The molecule has 1 fully saturated rings. The summed E-state index contributed by atoms with van der Waals surface area (Å²) in [5, 5.41) is 4.28. The Balaban J connectivity index is 1.67. The lowest BCUT2D eigenvalue weighted by molar-refractivity contribution is 0.0318. The zero-order valence-corrected chi connectivity index (χ0v) is 12.3. The highest BCUT2D eigenvalue weighted by Crippen LogP contribution is 2.16. The second-order valence-corrected chi connectivity index (χ2v) is 5.54. The van der Waals surface area contributed by atoms with Gasteiger partial charge >= 0.3 is 0 Å². The number of aromatic nitrogens is 1. The minimum absolute atomic E-state index is 0.0380. The molecule has 0 radical (unpaired) electrons. The van der Waals surface area contributed by atoms with E-state index in [2.05, 4.69) is 10.3 Å². The van der Waals surface area contributed by atoms with E-state index in [1.54, 1.807) is 0 Å². The van der Waals surface area contributed by atoms with Crippen molar-refractivity contribution >= 4 is 16.7 Å². The summed E-state index contributed by atoms with van der Waals surface area (Å²) in [6.45, 7) is 4.07. The summed E-state index contributed by atoms with van der Waals surface area (Å²) in [6.07, 6.45) is 2.17. The van der Waals surface area contributed by atoms with Crippen LogP contribution in [0.3, 0.4) is 0 Å². The molecule has 110 valence electrons. The summed E-state index contributed by atoms with van der Waals surface area (Å²) in [6, 6.07) is 9.60. The van der Waals surface area contributed by atoms with Crippen molar-refractivity contribution in [3.05, 3.63) is 41.6 Å². The van der Waals surface area contributed by atoms with Crippen LogP contribution in [0, 0.1) is 6.92 Å². The maximum absolute atomic E-state index is 12.2. The highest BCUT2D eigenvalue weighted by molar-refractivity contribution is 6.00. The Labute approximate surface area is 124 Å². The number of ketones is 1. The van der Waals surface area contributed by atoms with Gasteiger partial charge in [-0.15, -0.1) is 0 Å². The van der Waals surface area contributed by atoms with Crippen molar-refractivity contribution < 1.29 is 9.53 Å². The molecule has 1 aromatic heterocycles. The van der Waals surface area contributed by atoms with Crippen LogP contribution < -0.4 is 5.32 Å².